The van der Waals surface area contributed by atoms with E-state index in [0.29, 0.717) is 17.4 Å². The summed E-state index contributed by atoms with van der Waals surface area (Å²) >= 11 is 0. The minimum absolute atomic E-state index is 0.293. The van der Waals surface area contributed by atoms with E-state index in [1.807, 2.05) is 32.7 Å². The zero-order valence-corrected chi connectivity index (χ0v) is 10.2. The molecule has 0 aliphatic carbocycles. The lowest BCUT2D eigenvalue weighted by molar-refractivity contribution is 0.0696. The van der Waals surface area contributed by atoms with E-state index >= 15 is 0 Å². The van der Waals surface area contributed by atoms with Gasteiger partial charge in [-0.1, -0.05) is 6.92 Å². The predicted molar refractivity (Wildman–Crippen MR) is 64.1 cm³/mol. The van der Waals surface area contributed by atoms with Gasteiger partial charge in [0.05, 0.1) is 5.56 Å². The zero-order chi connectivity index (χ0) is 12.3. The Balaban J connectivity index is 3.18. The summed E-state index contributed by atoms with van der Waals surface area (Å²) in [4.78, 5) is 17.3. The molecule has 0 fully saturated rings. The van der Waals surface area contributed by atoms with Crippen molar-refractivity contribution in [1.82, 2.24) is 4.98 Å². The molecule has 0 aromatic carbocycles. The van der Waals surface area contributed by atoms with Crippen LogP contribution in [0.25, 0.3) is 0 Å². The van der Waals surface area contributed by atoms with E-state index < -0.39 is 5.97 Å². The van der Waals surface area contributed by atoms with Crippen molar-refractivity contribution in [2.75, 3.05) is 11.9 Å². The smallest absolute Gasteiger partial charge is 0.335 e. The maximum atomic E-state index is 11.0. The maximum Gasteiger partial charge on any atom is 0.335 e. The summed E-state index contributed by atoms with van der Waals surface area (Å²) in [5.74, 6) is -0.192. The summed E-state index contributed by atoms with van der Waals surface area (Å²) in [6, 6.07) is 3.53. The number of aryl methyl sites for hydroxylation is 1. The molecule has 4 nitrogen and oxygen atoms in total. The van der Waals surface area contributed by atoms with Crippen LogP contribution >= 0.6 is 0 Å². The van der Waals surface area contributed by atoms with Gasteiger partial charge in [0.2, 0.25) is 0 Å². The van der Waals surface area contributed by atoms with Crippen molar-refractivity contribution in [2.45, 2.75) is 33.2 Å². The maximum absolute atomic E-state index is 11.0. The van der Waals surface area contributed by atoms with E-state index in [-0.39, 0.29) is 0 Å². The number of carboxylic acids is 1. The van der Waals surface area contributed by atoms with E-state index in [2.05, 4.69) is 4.98 Å². The standard InChI is InChI=1S/C12H18N2O2/c1-5-10-6-9(12(15)16)7-11(13-10)14(4)8(2)3/h6-8H,5H2,1-4H3,(H,15,16). The molecule has 0 unspecified atom stereocenters. The van der Waals surface area contributed by atoms with Gasteiger partial charge in [0.15, 0.2) is 0 Å². The Hall–Kier alpha value is -1.58. The van der Waals surface area contributed by atoms with Crippen molar-refractivity contribution in [3.05, 3.63) is 23.4 Å². The first-order chi connectivity index (χ1) is 7.45. The molecule has 1 heterocycles. The highest BCUT2D eigenvalue weighted by Crippen LogP contribution is 2.16. The van der Waals surface area contributed by atoms with Crippen LogP contribution < -0.4 is 4.90 Å². The second-order valence-corrected chi connectivity index (χ2v) is 4.07. The van der Waals surface area contributed by atoms with Gasteiger partial charge in [-0.3, -0.25) is 0 Å². The van der Waals surface area contributed by atoms with Crippen molar-refractivity contribution in [1.29, 1.82) is 0 Å². The van der Waals surface area contributed by atoms with Crippen LogP contribution in [0, 0.1) is 0 Å². The Morgan fingerprint density at radius 3 is 2.56 bits per heavy atom. The molecule has 0 bridgehead atoms. The van der Waals surface area contributed by atoms with Crippen molar-refractivity contribution in [3.8, 4) is 0 Å². The Morgan fingerprint density at radius 1 is 1.50 bits per heavy atom. The fourth-order valence-electron chi connectivity index (χ4n) is 1.32. The van der Waals surface area contributed by atoms with Crippen LogP contribution in [-0.2, 0) is 6.42 Å². The lowest BCUT2D eigenvalue weighted by Gasteiger charge is -2.23. The zero-order valence-electron chi connectivity index (χ0n) is 10.2. The highest BCUT2D eigenvalue weighted by molar-refractivity contribution is 5.88. The quantitative estimate of drug-likeness (QED) is 0.848. The number of aromatic nitrogens is 1. The number of anilines is 1. The number of pyridine rings is 1. The predicted octanol–water partition coefficient (Wildman–Crippen LogP) is 2.19. The van der Waals surface area contributed by atoms with Crippen LogP contribution in [0.1, 0.15) is 36.8 Å². The van der Waals surface area contributed by atoms with E-state index in [9.17, 15) is 4.79 Å². The van der Waals surface area contributed by atoms with Gasteiger partial charge in [0, 0.05) is 18.8 Å². The lowest BCUT2D eigenvalue weighted by atomic mass is 10.2. The molecule has 0 radical (unpaired) electrons. The molecule has 1 rings (SSSR count). The fraction of sp³-hybridized carbons (Fsp3) is 0.500. The molecule has 0 aliphatic heterocycles. The Morgan fingerprint density at radius 2 is 2.12 bits per heavy atom. The third-order valence-electron chi connectivity index (χ3n) is 2.61. The Bertz CT molecular complexity index is 389. The first-order valence-corrected chi connectivity index (χ1v) is 5.42. The summed E-state index contributed by atoms with van der Waals surface area (Å²) < 4.78 is 0. The topological polar surface area (TPSA) is 53.4 Å². The summed E-state index contributed by atoms with van der Waals surface area (Å²) in [5.41, 5.74) is 1.11. The first-order valence-electron chi connectivity index (χ1n) is 5.42. The lowest BCUT2D eigenvalue weighted by Crippen LogP contribution is -2.27. The highest BCUT2D eigenvalue weighted by atomic mass is 16.4. The molecule has 0 aliphatic rings. The number of carboxylic acid groups (broad SMARTS) is 1. The van der Waals surface area contributed by atoms with Gasteiger partial charge in [-0.05, 0) is 32.4 Å². The van der Waals surface area contributed by atoms with Crippen LogP contribution in [0.5, 0.6) is 0 Å². The van der Waals surface area contributed by atoms with Gasteiger partial charge in [-0.25, -0.2) is 9.78 Å². The largest absolute Gasteiger partial charge is 0.478 e. The minimum atomic E-state index is -0.907. The average molecular weight is 222 g/mol. The SMILES string of the molecule is CCc1cc(C(=O)O)cc(N(C)C(C)C)n1. The number of hydrogen-bond acceptors (Lipinski definition) is 3. The average Bonchev–Trinajstić information content (AvgIpc) is 2.27. The van der Waals surface area contributed by atoms with E-state index in [1.165, 1.54) is 0 Å². The fourth-order valence-corrected chi connectivity index (χ4v) is 1.32. The number of nitrogens with zero attached hydrogens (tertiary/aromatic N) is 2. The summed E-state index contributed by atoms with van der Waals surface area (Å²) in [6.45, 7) is 6.05. The Labute approximate surface area is 95.9 Å². The number of carbonyl (C=O) groups is 1. The normalized spacial score (nSPS) is 10.6. The molecule has 1 aromatic rings. The number of hydrogen-bond donors (Lipinski definition) is 1. The van der Waals surface area contributed by atoms with E-state index in [1.54, 1.807) is 12.1 Å². The molecule has 0 spiro atoms. The van der Waals surface area contributed by atoms with E-state index in [0.717, 1.165) is 12.1 Å². The molecule has 88 valence electrons. The molecule has 1 N–H and O–H groups in total. The van der Waals surface area contributed by atoms with Crippen LogP contribution in [0.15, 0.2) is 12.1 Å². The van der Waals surface area contributed by atoms with Crippen molar-refractivity contribution >= 4 is 11.8 Å². The number of aromatic carboxylic acids is 1. The molecule has 0 saturated heterocycles. The minimum Gasteiger partial charge on any atom is -0.478 e. The second-order valence-electron chi connectivity index (χ2n) is 4.07. The van der Waals surface area contributed by atoms with Gasteiger partial charge < -0.3 is 10.0 Å². The molecule has 0 saturated carbocycles. The molecular weight excluding hydrogens is 204 g/mol. The van der Waals surface area contributed by atoms with Crippen molar-refractivity contribution in [3.63, 3.8) is 0 Å². The summed E-state index contributed by atoms with van der Waals surface area (Å²) in [7, 11) is 1.91. The third kappa shape index (κ3) is 2.72. The van der Waals surface area contributed by atoms with Gasteiger partial charge in [-0.2, -0.15) is 0 Å². The molecule has 1 aromatic heterocycles. The molecule has 0 amide bonds. The number of rotatable bonds is 4. The highest BCUT2D eigenvalue weighted by Gasteiger charge is 2.12. The molecule has 16 heavy (non-hydrogen) atoms. The van der Waals surface area contributed by atoms with Crippen molar-refractivity contribution in [2.24, 2.45) is 0 Å². The van der Waals surface area contributed by atoms with Crippen LogP contribution in [-0.4, -0.2) is 29.1 Å². The molecule has 0 atom stereocenters. The van der Waals surface area contributed by atoms with E-state index in [4.69, 9.17) is 5.11 Å². The second kappa shape index (κ2) is 4.96. The Kier molecular flexibility index (Phi) is 3.88. The summed E-state index contributed by atoms with van der Waals surface area (Å²) in [6.07, 6.45) is 0.736. The molecular formula is C12H18N2O2. The van der Waals surface area contributed by atoms with Crippen LogP contribution in [0.2, 0.25) is 0 Å². The third-order valence-corrected chi connectivity index (χ3v) is 2.61. The monoisotopic (exact) mass is 222 g/mol. The van der Waals surface area contributed by atoms with Gasteiger partial charge in [-0.15, -0.1) is 0 Å². The van der Waals surface area contributed by atoms with Crippen LogP contribution in [0.3, 0.4) is 0 Å². The van der Waals surface area contributed by atoms with Crippen LogP contribution in [0.4, 0.5) is 5.82 Å². The van der Waals surface area contributed by atoms with Gasteiger partial charge in [0.1, 0.15) is 5.82 Å². The first kappa shape index (κ1) is 12.5. The molecule has 4 heteroatoms. The van der Waals surface area contributed by atoms with Gasteiger partial charge in [0.25, 0.3) is 0 Å². The summed E-state index contributed by atoms with van der Waals surface area (Å²) in [5, 5.41) is 9.00. The van der Waals surface area contributed by atoms with Gasteiger partial charge >= 0.3 is 5.97 Å². The van der Waals surface area contributed by atoms with Crippen molar-refractivity contribution < 1.29 is 9.90 Å².